The lowest BCUT2D eigenvalue weighted by molar-refractivity contribution is 0.904. The summed E-state index contributed by atoms with van der Waals surface area (Å²) in [6, 6.07) is 2.08. The molecule has 2 heterocycles. The van der Waals surface area contributed by atoms with Gasteiger partial charge in [-0.2, -0.15) is 14.9 Å². The van der Waals surface area contributed by atoms with Crippen molar-refractivity contribution in [2.75, 3.05) is 12.0 Å². The number of nitrogens with two attached hydrogens (primary N) is 1. The highest BCUT2D eigenvalue weighted by Crippen LogP contribution is 2.26. The smallest absolute Gasteiger partial charge is 0.162 e. The van der Waals surface area contributed by atoms with Gasteiger partial charge in [-0.15, -0.1) is 11.8 Å². The van der Waals surface area contributed by atoms with E-state index in [1.807, 2.05) is 27.0 Å². The highest BCUT2D eigenvalue weighted by molar-refractivity contribution is 7.98. The van der Waals surface area contributed by atoms with Crippen molar-refractivity contribution >= 4 is 23.2 Å². The fourth-order valence-corrected chi connectivity index (χ4v) is 2.40. The third-order valence-electron chi connectivity index (χ3n) is 2.72. The molecule has 22 heavy (non-hydrogen) atoms. The van der Waals surface area contributed by atoms with Crippen molar-refractivity contribution in [1.29, 1.82) is 5.26 Å². The number of hydrogen-bond donors (Lipinski definition) is 1. The summed E-state index contributed by atoms with van der Waals surface area (Å²) >= 11 is 1.42. The molecule has 0 radical (unpaired) electrons. The molecule has 0 fully saturated rings. The summed E-state index contributed by atoms with van der Waals surface area (Å²) in [6.07, 6.45) is 3.98. The lowest BCUT2D eigenvalue weighted by Gasteiger charge is -2.05. The van der Waals surface area contributed by atoms with Crippen LogP contribution >= 0.6 is 11.8 Å². The molecule has 0 aliphatic carbocycles. The number of hydrogen-bond acceptors (Lipinski definition) is 5. The third-order valence-corrected chi connectivity index (χ3v) is 3.40. The molecule has 0 atom stereocenters. The second-order valence-corrected chi connectivity index (χ2v) is 5.15. The monoisotopic (exact) mass is 321 g/mol. The number of fused-ring (bicyclic) bond motifs is 1. The van der Waals surface area contributed by atoms with E-state index >= 15 is 0 Å². The molecule has 0 aliphatic heterocycles. The average Bonchev–Trinajstić information content (AvgIpc) is 2.85. The van der Waals surface area contributed by atoms with Crippen molar-refractivity contribution in [3.63, 3.8) is 0 Å². The number of rotatable bonds is 2. The predicted molar refractivity (Wildman–Crippen MR) is 95.3 cm³/mol. The molecule has 2 aromatic heterocycles. The van der Waals surface area contributed by atoms with E-state index in [0.717, 1.165) is 23.3 Å². The molecule has 0 spiro atoms. The topological polar surface area (TPSA) is 80.0 Å². The van der Waals surface area contributed by atoms with Crippen molar-refractivity contribution in [3.05, 3.63) is 16.8 Å². The second kappa shape index (κ2) is 10.1. The van der Waals surface area contributed by atoms with E-state index in [2.05, 4.69) is 36.9 Å². The van der Waals surface area contributed by atoms with Crippen molar-refractivity contribution < 1.29 is 0 Å². The minimum Gasteiger partial charge on any atom is -0.382 e. The van der Waals surface area contributed by atoms with Gasteiger partial charge in [-0.05, 0) is 19.6 Å². The fraction of sp³-hybridized carbons (Fsp3) is 0.562. The molecule has 0 bridgehead atoms. The van der Waals surface area contributed by atoms with E-state index in [1.54, 1.807) is 4.52 Å². The molecule has 2 N–H and O–H groups in total. The number of thioether (sulfide) groups is 1. The van der Waals surface area contributed by atoms with Crippen LogP contribution in [0.3, 0.4) is 0 Å². The van der Waals surface area contributed by atoms with Crippen LogP contribution in [0.4, 0.5) is 5.82 Å². The number of nitrogen functional groups attached to an aromatic ring is 1. The van der Waals surface area contributed by atoms with Crippen LogP contribution in [-0.4, -0.2) is 20.9 Å². The third kappa shape index (κ3) is 4.14. The quantitative estimate of drug-likeness (QED) is 0.661. The summed E-state index contributed by atoms with van der Waals surface area (Å²) < 4.78 is 1.56. The van der Waals surface area contributed by atoms with Crippen molar-refractivity contribution in [3.8, 4) is 6.07 Å². The van der Waals surface area contributed by atoms with Gasteiger partial charge in [0.25, 0.3) is 0 Å². The van der Waals surface area contributed by atoms with Gasteiger partial charge in [0.15, 0.2) is 5.65 Å². The Morgan fingerprint density at radius 2 is 1.82 bits per heavy atom. The first-order valence-electron chi connectivity index (χ1n) is 7.67. The molecule has 0 saturated heterocycles. The highest BCUT2D eigenvalue weighted by Gasteiger charge is 2.17. The Labute approximate surface area is 137 Å². The summed E-state index contributed by atoms with van der Waals surface area (Å²) in [5.41, 5.74) is 9.11. The predicted octanol–water partition coefficient (Wildman–Crippen LogP) is 4.22. The Balaban J connectivity index is 0.000000789. The first-order chi connectivity index (χ1) is 10.5. The SMILES string of the molecule is CC.CCC.CCc1c(C)nn2c(N)c(C#N)c(SC)nc12. The van der Waals surface area contributed by atoms with E-state index in [1.165, 1.54) is 18.2 Å². The van der Waals surface area contributed by atoms with Gasteiger partial charge >= 0.3 is 0 Å². The zero-order valence-electron chi connectivity index (χ0n) is 14.7. The molecular weight excluding hydrogens is 294 g/mol. The largest absolute Gasteiger partial charge is 0.382 e. The summed E-state index contributed by atoms with van der Waals surface area (Å²) in [4.78, 5) is 4.48. The molecule has 0 saturated carbocycles. The van der Waals surface area contributed by atoms with Gasteiger partial charge < -0.3 is 5.73 Å². The Morgan fingerprint density at radius 3 is 2.23 bits per heavy atom. The normalized spacial score (nSPS) is 9.36. The van der Waals surface area contributed by atoms with Crippen LogP contribution < -0.4 is 5.73 Å². The van der Waals surface area contributed by atoms with Crippen molar-refractivity contribution in [1.82, 2.24) is 14.6 Å². The number of nitriles is 1. The Hall–Kier alpha value is -1.74. The lowest BCUT2D eigenvalue weighted by atomic mass is 10.2. The van der Waals surface area contributed by atoms with Gasteiger partial charge in [-0.25, -0.2) is 4.98 Å². The van der Waals surface area contributed by atoms with Crippen LogP contribution in [0.15, 0.2) is 5.03 Å². The van der Waals surface area contributed by atoms with Crippen molar-refractivity contribution in [2.24, 2.45) is 0 Å². The van der Waals surface area contributed by atoms with Crippen LogP contribution in [-0.2, 0) is 6.42 Å². The number of aryl methyl sites for hydroxylation is 2. The molecule has 122 valence electrons. The maximum absolute atomic E-state index is 9.10. The van der Waals surface area contributed by atoms with E-state index < -0.39 is 0 Å². The Kier molecular flexibility index (Phi) is 9.27. The minimum atomic E-state index is 0.365. The molecule has 6 heteroatoms. The van der Waals surface area contributed by atoms with Gasteiger partial charge in [-0.3, -0.25) is 0 Å². The highest BCUT2D eigenvalue weighted by atomic mass is 32.2. The average molecular weight is 321 g/mol. The Bertz CT molecular complexity index is 640. The zero-order valence-corrected chi connectivity index (χ0v) is 15.5. The maximum Gasteiger partial charge on any atom is 0.162 e. The van der Waals surface area contributed by atoms with Gasteiger partial charge in [0.1, 0.15) is 22.5 Å². The number of nitrogens with zero attached hydrogens (tertiary/aromatic N) is 4. The van der Waals surface area contributed by atoms with Crippen LogP contribution in [0.1, 0.15) is 57.9 Å². The van der Waals surface area contributed by atoms with Gasteiger partial charge in [0, 0.05) is 5.56 Å². The van der Waals surface area contributed by atoms with E-state index in [9.17, 15) is 0 Å². The molecule has 5 nitrogen and oxygen atoms in total. The molecule has 0 aliphatic rings. The first kappa shape index (κ1) is 20.3. The van der Waals surface area contributed by atoms with Crippen molar-refractivity contribution in [2.45, 2.75) is 59.4 Å². The second-order valence-electron chi connectivity index (χ2n) is 4.35. The van der Waals surface area contributed by atoms with Crippen LogP contribution in [0.2, 0.25) is 0 Å². The Morgan fingerprint density at radius 1 is 1.27 bits per heavy atom. The van der Waals surface area contributed by atoms with Crippen LogP contribution in [0, 0.1) is 18.3 Å². The summed E-state index contributed by atoms with van der Waals surface area (Å²) in [5, 5.41) is 14.1. The van der Waals surface area contributed by atoms with E-state index in [0.29, 0.717) is 16.4 Å². The van der Waals surface area contributed by atoms with Gasteiger partial charge in [-0.1, -0.05) is 41.0 Å². The van der Waals surface area contributed by atoms with E-state index in [4.69, 9.17) is 11.0 Å². The first-order valence-corrected chi connectivity index (χ1v) is 8.89. The number of anilines is 1. The number of aromatic nitrogens is 3. The molecule has 0 aromatic carbocycles. The minimum absolute atomic E-state index is 0.365. The maximum atomic E-state index is 9.10. The molecule has 0 unspecified atom stereocenters. The lowest BCUT2D eigenvalue weighted by Crippen LogP contribution is -2.05. The fourth-order valence-electron chi connectivity index (χ4n) is 1.86. The standard InChI is InChI=1S/C11H13N5S.C3H8.C2H6/c1-4-7-6(2)15-16-9(13)8(5-12)11(17-3)14-10(7)16;1-3-2;1-2/h4,13H2,1-3H3;3H2,1-2H3;1-2H3. The molecule has 2 aromatic rings. The zero-order chi connectivity index (χ0) is 17.3. The molecular formula is C16H27N5S. The molecule has 0 amide bonds. The summed E-state index contributed by atoms with van der Waals surface area (Å²) in [5.74, 6) is 0.365. The van der Waals surface area contributed by atoms with Crippen LogP contribution in [0.25, 0.3) is 5.65 Å². The summed E-state index contributed by atoms with van der Waals surface area (Å²) in [7, 11) is 0. The van der Waals surface area contributed by atoms with Gasteiger partial charge in [0.05, 0.1) is 5.69 Å². The summed E-state index contributed by atoms with van der Waals surface area (Å²) in [6.45, 7) is 12.2. The van der Waals surface area contributed by atoms with Crippen LogP contribution in [0.5, 0.6) is 0 Å². The van der Waals surface area contributed by atoms with E-state index in [-0.39, 0.29) is 0 Å². The van der Waals surface area contributed by atoms with Gasteiger partial charge in [0.2, 0.25) is 0 Å². The molecule has 2 rings (SSSR count).